The minimum absolute atomic E-state index is 0.211. The molecule has 2 heterocycles. The minimum atomic E-state index is -0.391. The van der Waals surface area contributed by atoms with Gasteiger partial charge in [0.25, 0.3) is 0 Å². The second-order valence-corrected chi connectivity index (χ2v) is 8.15. The second-order valence-electron chi connectivity index (χ2n) is 7.05. The third-order valence-corrected chi connectivity index (χ3v) is 6.33. The van der Waals surface area contributed by atoms with Crippen LogP contribution in [-0.4, -0.2) is 25.8 Å². The topological polar surface area (TPSA) is 73.9 Å². The van der Waals surface area contributed by atoms with Crippen molar-refractivity contribution < 1.29 is 23.8 Å². The van der Waals surface area contributed by atoms with E-state index in [1.807, 2.05) is 18.2 Å². The van der Waals surface area contributed by atoms with Crippen molar-refractivity contribution in [1.29, 1.82) is 0 Å². The van der Waals surface area contributed by atoms with Gasteiger partial charge in [0.05, 0.1) is 12.7 Å². The molecule has 0 radical (unpaired) electrons. The average molecular weight is 413 g/mol. The average Bonchev–Trinajstić information content (AvgIpc) is 3.30. The molecule has 2 aromatic rings. The first-order valence-electron chi connectivity index (χ1n) is 9.77. The Morgan fingerprint density at radius 1 is 1.10 bits per heavy atom. The van der Waals surface area contributed by atoms with Crippen LogP contribution in [0.3, 0.4) is 0 Å². The lowest BCUT2D eigenvalue weighted by Crippen LogP contribution is -2.12. The second kappa shape index (κ2) is 8.69. The molecule has 0 saturated carbocycles. The van der Waals surface area contributed by atoms with Crippen LogP contribution >= 0.6 is 11.3 Å². The summed E-state index contributed by atoms with van der Waals surface area (Å²) in [5, 5.41) is 3.46. The molecule has 0 bridgehead atoms. The fourth-order valence-corrected chi connectivity index (χ4v) is 4.95. The molecule has 2 aliphatic rings. The van der Waals surface area contributed by atoms with E-state index in [2.05, 4.69) is 5.32 Å². The van der Waals surface area contributed by atoms with Gasteiger partial charge < -0.3 is 19.5 Å². The Morgan fingerprint density at radius 2 is 1.90 bits per heavy atom. The third kappa shape index (κ3) is 4.29. The molecule has 1 amide bonds. The predicted molar refractivity (Wildman–Crippen MR) is 112 cm³/mol. The highest BCUT2D eigenvalue weighted by molar-refractivity contribution is 7.17. The molecule has 1 aromatic carbocycles. The van der Waals surface area contributed by atoms with Crippen LogP contribution in [-0.2, 0) is 22.4 Å². The molecule has 0 atom stereocenters. The van der Waals surface area contributed by atoms with Gasteiger partial charge in [0.1, 0.15) is 5.00 Å². The summed E-state index contributed by atoms with van der Waals surface area (Å²) in [4.78, 5) is 26.1. The smallest absolute Gasteiger partial charge is 0.341 e. The van der Waals surface area contributed by atoms with Gasteiger partial charge in [-0.15, -0.1) is 11.3 Å². The number of thiophene rings is 1. The molecule has 6 nitrogen and oxygen atoms in total. The maximum atomic E-state index is 12.5. The number of nitrogens with one attached hydrogen (secondary N) is 1. The molecule has 4 rings (SSSR count). The molecule has 1 aliphatic heterocycles. The van der Waals surface area contributed by atoms with Crippen LogP contribution in [0.2, 0.25) is 0 Å². The van der Waals surface area contributed by atoms with Gasteiger partial charge in [0.15, 0.2) is 11.5 Å². The lowest BCUT2D eigenvalue weighted by molar-refractivity contribution is -0.111. The first-order chi connectivity index (χ1) is 14.2. The van der Waals surface area contributed by atoms with Crippen molar-refractivity contribution in [2.75, 3.05) is 19.2 Å². The molecule has 7 heteroatoms. The van der Waals surface area contributed by atoms with E-state index in [0.29, 0.717) is 22.1 Å². The fraction of sp³-hybridized carbons (Fsp3) is 0.364. The number of carbonyl (C=O) groups is 2. The number of hydrogen-bond acceptors (Lipinski definition) is 6. The van der Waals surface area contributed by atoms with E-state index >= 15 is 0 Å². The minimum Gasteiger partial charge on any atom is -0.465 e. The van der Waals surface area contributed by atoms with Crippen molar-refractivity contribution in [2.24, 2.45) is 0 Å². The van der Waals surface area contributed by atoms with Gasteiger partial charge in [-0.05, 0) is 55.0 Å². The summed E-state index contributed by atoms with van der Waals surface area (Å²) < 4.78 is 15.7. The number of carbonyl (C=O) groups excluding carboxylic acids is 2. The van der Waals surface area contributed by atoms with E-state index in [4.69, 9.17) is 14.2 Å². The Morgan fingerprint density at radius 3 is 2.72 bits per heavy atom. The summed E-state index contributed by atoms with van der Waals surface area (Å²) in [6, 6.07) is 5.49. The highest BCUT2D eigenvalue weighted by Crippen LogP contribution is 2.37. The quantitative estimate of drug-likeness (QED) is 0.587. The fourth-order valence-electron chi connectivity index (χ4n) is 3.67. The van der Waals surface area contributed by atoms with Crippen LogP contribution < -0.4 is 14.8 Å². The molecule has 0 spiro atoms. The zero-order valence-electron chi connectivity index (χ0n) is 16.3. The zero-order valence-corrected chi connectivity index (χ0v) is 17.1. The van der Waals surface area contributed by atoms with E-state index in [1.54, 1.807) is 6.08 Å². The summed E-state index contributed by atoms with van der Waals surface area (Å²) in [6.45, 7) is 0.211. The van der Waals surface area contributed by atoms with E-state index in [9.17, 15) is 9.59 Å². The molecule has 0 fully saturated rings. The van der Waals surface area contributed by atoms with Crippen LogP contribution in [0.1, 0.15) is 52.0 Å². The molecular formula is C22H23NO5S. The SMILES string of the molecule is COC(=O)c1c(NC(=O)/C=C/c2ccc3c(c2)OCO3)sc2c1CCCCCC2. The van der Waals surface area contributed by atoms with E-state index < -0.39 is 5.97 Å². The molecular weight excluding hydrogens is 390 g/mol. The molecule has 0 saturated heterocycles. The van der Waals surface area contributed by atoms with Crippen molar-refractivity contribution in [2.45, 2.75) is 38.5 Å². The van der Waals surface area contributed by atoms with Gasteiger partial charge in [-0.25, -0.2) is 4.79 Å². The summed E-state index contributed by atoms with van der Waals surface area (Å²) >= 11 is 1.49. The van der Waals surface area contributed by atoms with Crippen LogP contribution in [0.4, 0.5) is 5.00 Å². The summed E-state index contributed by atoms with van der Waals surface area (Å²) in [6.07, 6.45) is 9.46. The zero-order chi connectivity index (χ0) is 20.2. The number of rotatable bonds is 4. The molecule has 1 N–H and O–H groups in total. The standard InChI is InChI=1S/C22H23NO5S/c1-26-22(25)20-15-6-4-2-3-5-7-18(15)29-21(20)23-19(24)11-9-14-8-10-16-17(12-14)28-13-27-16/h8-12H,2-7,13H2,1H3,(H,23,24)/b11-9+. The van der Waals surface area contributed by atoms with Gasteiger partial charge in [-0.3, -0.25) is 4.79 Å². The Bertz CT molecular complexity index is 962. The van der Waals surface area contributed by atoms with Crippen LogP contribution in [0.25, 0.3) is 6.08 Å². The van der Waals surface area contributed by atoms with Crippen molar-refractivity contribution in [1.82, 2.24) is 0 Å². The molecule has 29 heavy (non-hydrogen) atoms. The first-order valence-corrected chi connectivity index (χ1v) is 10.6. The van der Waals surface area contributed by atoms with Crippen LogP contribution in [0.15, 0.2) is 24.3 Å². The van der Waals surface area contributed by atoms with Crippen molar-refractivity contribution in [3.63, 3.8) is 0 Å². The van der Waals surface area contributed by atoms with Gasteiger partial charge in [0, 0.05) is 11.0 Å². The normalized spacial score (nSPS) is 15.5. The van der Waals surface area contributed by atoms with E-state index in [-0.39, 0.29) is 12.7 Å². The monoisotopic (exact) mass is 413 g/mol. The lowest BCUT2D eigenvalue weighted by Gasteiger charge is -2.10. The number of methoxy groups -OCH3 is 1. The molecule has 152 valence electrons. The highest BCUT2D eigenvalue weighted by atomic mass is 32.1. The maximum Gasteiger partial charge on any atom is 0.341 e. The predicted octanol–water partition coefficient (Wildman–Crippen LogP) is 4.57. The molecule has 0 unspecified atom stereocenters. The molecule has 1 aromatic heterocycles. The number of fused-ring (bicyclic) bond motifs is 2. The van der Waals surface area contributed by atoms with Crippen molar-refractivity contribution >= 4 is 34.3 Å². The van der Waals surface area contributed by atoms with Gasteiger partial charge in [0.2, 0.25) is 12.7 Å². The number of esters is 1. The van der Waals surface area contributed by atoms with Crippen molar-refractivity contribution in [3.05, 3.63) is 45.8 Å². The Hall–Kier alpha value is -2.80. The first kappa shape index (κ1) is 19.5. The lowest BCUT2D eigenvalue weighted by atomic mass is 9.96. The third-order valence-electron chi connectivity index (χ3n) is 5.12. The number of ether oxygens (including phenoxy) is 3. The van der Waals surface area contributed by atoms with E-state index in [0.717, 1.165) is 43.2 Å². The number of amides is 1. The number of hydrogen-bond donors (Lipinski definition) is 1. The Labute approximate surface area is 173 Å². The largest absolute Gasteiger partial charge is 0.465 e. The Kier molecular flexibility index (Phi) is 5.85. The number of benzene rings is 1. The van der Waals surface area contributed by atoms with Gasteiger partial charge >= 0.3 is 5.97 Å². The molecule has 1 aliphatic carbocycles. The van der Waals surface area contributed by atoms with E-state index in [1.165, 1.54) is 35.8 Å². The number of anilines is 1. The maximum absolute atomic E-state index is 12.5. The van der Waals surface area contributed by atoms with Crippen molar-refractivity contribution in [3.8, 4) is 11.5 Å². The van der Waals surface area contributed by atoms with Gasteiger partial charge in [-0.1, -0.05) is 18.9 Å². The summed E-state index contributed by atoms with van der Waals surface area (Å²) in [7, 11) is 1.38. The van der Waals surface area contributed by atoms with Crippen LogP contribution in [0, 0.1) is 0 Å². The Balaban J connectivity index is 1.54. The highest BCUT2D eigenvalue weighted by Gasteiger charge is 2.25. The van der Waals surface area contributed by atoms with Gasteiger partial charge in [-0.2, -0.15) is 0 Å². The summed E-state index contributed by atoms with van der Waals surface area (Å²) in [5.74, 6) is 0.684. The number of aryl methyl sites for hydroxylation is 1. The van der Waals surface area contributed by atoms with Crippen LogP contribution in [0.5, 0.6) is 11.5 Å². The summed E-state index contributed by atoms with van der Waals surface area (Å²) in [5.41, 5.74) is 2.38.